The Balaban J connectivity index is 2.00. The molecule has 0 unspecified atom stereocenters. The van der Waals surface area contributed by atoms with Crippen molar-refractivity contribution < 1.29 is 32.2 Å². The summed E-state index contributed by atoms with van der Waals surface area (Å²) in [6, 6.07) is 5.00. The number of hydrogen-bond acceptors (Lipinski definition) is 6. The van der Waals surface area contributed by atoms with Gasteiger partial charge in [0, 0.05) is 23.9 Å². The summed E-state index contributed by atoms with van der Waals surface area (Å²) in [6.45, 7) is 5.87. The molecule has 1 fully saturated rings. The smallest absolute Gasteiger partial charge is 0.421 e. The number of nitrogens with zero attached hydrogens (tertiary/aromatic N) is 2. The highest BCUT2D eigenvalue weighted by atomic mass is 32.2. The standard InChI is InChI=1S/C27H33F3N2O4S/c1-16(2)32(25(33)19-8-6-17(3)7-9-19)23-11-10-20(13-21(23)26(34)35-4)36-24-22(27(28,29)30)12-18(14-31-24)15-37-5/h10-14,16-17,19H,6-9,15H2,1-5H3. The monoisotopic (exact) mass is 538 g/mol. The number of esters is 1. The number of pyridine rings is 1. The molecule has 1 aromatic heterocycles. The van der Waals surface area contributed by atoms with Crippen LogP contribution in [0.25, 0.3) is 0 Å². The lowest BCUT2D eigenvalue weighted by Gasteiger charge is -2.34. The third kappa shape index (κ3) is 6.97. The zero-order valence-electron chi connectivity index (χ0n) is 21.7. The van der Waals surface area contributed by atoms with Crippen molar-refractivity contribution in [1.29, 1.82) is 0 Å². The van der Waals surface area contributed by atoms with E-state index >= 15 is 0 Å². The van der Waals surface area contributed by atoms with Gasteiger partial charge in [0.25, 0.3) is 0 Å². The summed E-state index contributed by atoms with van der Waals surface area (Å²) >= 11 is 1.38. The van der Waals surface area contributed by atoms with E-state index in [2.05, 4.69) is 11.9 Å². The lowest BCUT2D eigenvalue weighted by Crippen LogP contribution is -2.43. The molecule has 37 heavy (non-hydrogen) atoms. The molecule has 1 aromatic carbocycles. The number of alkyl halides is 3. The van der Waals surface area contributed by atoms with Crippen LogP contribution in [0.15, 0.2) is 30.5 Å². The average Bonchev–Trinajstić information content (AvgIpc) is 2.85. The van der Waals surface area contributed by atoms with Crippen LogP contribution in [0.4, 0.5) is 18.9 Å². The quantitative estimate of drug-likeness (QED) is 0.334. The maximum atomic E-state index is 13.7. The number of benzene rings is 1. The molecule has 0 N–H and O–H groups in total. The largest absolute Gasteiger partial charge is 0.465 e. The van der Waals surface area contributed by atoms with Crippen LogP contribution in [0.5, 0.6) is 11.6 Å². The van der Waals surface area contributed by atoms with Gasteiger partial charge in [-0.1, -0.05) is 6.92 Å². The first-order valence-electron chi connectivity index (χ1n) is 12.2. The van der Waals surface area contributed by atoms with E-state index in [9.17, 15) is 22.8 Å². The number of halogens is 3. The van der Waals surface area contributed by atoms with E-state index in [-0.39, 0.29) is 29.2 Å². The second kappa shape index (κ2) is 12.2. The van der Waals surface area contributed by atoms with Crippen LogP contribution in [-0.4, -0.2) is 36.3 Å². The van der Waals surface area contributed by atoms with E-state index in [1.165, 1.54) is 43.3 Å². The van der Waals surface area contributed by atoms with Gasteiger partial charge in [-0.3, -0.25) is 4.79 Å². The highest BCUT2D eigenvalue weighted by molar-refractivity contribution is 7.97. The molecule has 202 valence electrons. The van der Waals surface area contributed by atoms with Gasteiger partial charge in [-0.05, 0) is 81.5 Å². The van der Waals surface area contributed by atoms with Crippen LogP contribution < -0.4 is 9.64 Å². The van der Waals surface area contributed by atoms with Gasteiger partial charge < -0.3 is 14.4 Å². The molecule has 3 rings (SSSR count). The molecule has 1 aliphatic rings. The van der Waals surface area contributed by atoms with Crippen molar-refractivity contribution in [2.45, 2.75) is 64.4 Å². The SMILES string of the molecule is COC(=O)c1cc(Oc2ncc(CSC)cc2C(F)(F)F)ccc1N(C(=O)C1CCC(C)CC1)C(C)C. The molecule has 0 radical (unpaired) electrons. The van der Waals surface area contributed by atoms with Gasteiger partial charge in [0.2, 0.25) is 11.8 Å². The molecule has 10 heteroatoms. The van der Waals surface area contributed by atoms with Gasteiger partial charge in [0.1, 0.15) is 11.3 Å². The zero-order chi connectivity index (χ0) is 27.3. The number of methoxy groups -OCH3 is 1. The fraction of sp³-hybridized carbons (Fsp3) is 0.519. The van der Waals surface area contributed by atoms with Crippen LogP contribution in [0.1, 0.15) is 67.9 Å². The molecule has 1 aliphatic carbocycles. The van der Waals surface area contributed by atoms with E-state index in [0.29, 0.717) is 22.9 Å². The minimum absolute atomic E-state index is 0.0255. The summed E-state index contributed by atoms with van der Waals surface area (Å²) in [7, 11) is 1.21. The Bertz CT molecular complexity index is 1120. The molecule has 1 amide bonds. The Morgan fingerprint density at radius 3 is 2.41 bits per heavy atom. The molecular weight excluding hydrogens is 505 g/mol. The van der Waals surface area contributed by atoms with Crippen molar-refractivity contribution >= 4 is 29.3 Å². The summed E-state index contributed by atoms with van der Waals surface area (Å²) in [5.41, 5.74) is -0.231. The van der Waals surface area contributed by atoms with Crippen molar-refractivity contribution in [2.24, 2.45) is 11.8 Å². The fourth-order valence-corrected chi connectivity index (χ4v) is 5.05. The summed E-state index contributed by atoms with van der Waals surface area (Å²) < 4.78 is 51.7. The van der Waals surface area contributed by atoms with E-state index in [0.717, 1.165) is 31.7 Å². The van der Waals surface area contributed by atoms with Gasteiger partial charge in [0.15, 0.2) is 0 Å². The molecule has 0 aliphatic heterocycles. The Labute approximate surface area is 219 Å². The number of amides is 1. The Morgan fingerprint density at radius 1 is 1.16 bits per heavy atom. The summed E-state index contributed by atoms with van der Waals surface area (Å²) in [5, 5.41) is 0. The van der Waals surface area contributed by atoms with E-state index < -0.39 is 23.6 Å². The lowest BCUT2D eigenvalue weighted by atomic mass is 9.82. The second-order valence-corrected chi connectivity index (χ2v) is 10.5. The lowest BCUT2D eigenvalue weighted by molar-refractivity contribution is -0.139. The van der Waals surface area contributed by atoms with Gasteiger partial charge in [-0.25, -0.2) is 9.78 Å². The fourth-order valence-electron chi connectivity index (χ4n) is 4.55. The number of thioether (sulfide) groups is 1. The first-order chi connectivity index (χ1) is 17.5. The van der Waals surface area contributed by atoms with Crippen molar-refractivity contribution in [3.8, 4) is 11.6 Å². The maximum Gasteiger partial charge on any atom is 0.421 e. The molecule has 0 atom stereocenters. The maximum absolute atomic E-state index is 13.7. The minimum Gasteiger partial charge on any atom is -0.465 e. The second-order valence-electron chi connectivity index (χ2n) is 9.66. The highest BCUT2D eigenvalue weighted by Crippen LogP contribution is 2.39. The van der Waals surface area contributed by atoms with E-state index in [1.807, 2.05) is 13.8 Å². The molecule has 0 spiro atoms. The van der Waals surface area contributed by atoms with E-state index in [1.54, 1.807) is 11.2 Å². The van der Waals surface area contributed by atoms with Gasteiger partial charge in [-0.15, -0.1) is 0 Å². The normalized spacial score (nSPS) is 18.0. The van der Waals surface area contributed by atoms with Gasteiger partial charge >= 0.3 is 12.1 Å². The van der Waals surface area contributed by atoms with Crippen LogP contribution >= 0.6 is 11.8 Å². The van der Waals surface area contributed by atoms with Crippen molar-refractivity contribution in [1.82, 2.24) is 4.98 Å². The molecule has 6 nitrogen and oxygen atoms in total. The summed E-state index contributed by atoms with van der Waals surface area (Å²) in [4.78, 5) is 31.7. The number of rotatable bonds is 8. The van der Waals surface area contributed by atoms with Crippen molar-refractivity contribution in [3.05, 3.63) is 47.2 Å². The van der Waals surface area contributed by atoms with Crippen LogP contribution in [0.2, 0.25) is 0 Å². The average molecular weight is 539 g/mol. The summed E-state index contributed by atoms with van der Waals surface area (Å²) in [5.74, 6) is -0.656. The first kappa shape index (κ1) is 28.8. The number of hydrogen-bond donors (Lipinski definition) is 0. The number of anilines is 1. The molecule has 1 heterocycles. The summed E-state index contributed by atoms with van der Waals surface area (Å²) in [6.07, 6.45) is 1.91. The molecular formula is C27H33F3N2O4S. The molecule has 1 saturated carbocycles. The van der Waals surface area contributed by atoms with E-state index in [4.69, 9.17) is 9.47 Å². The van der Waals surface area contributed by atoms with Crippen LogP contribution in [0.3, 0.4) is 0 Å². The Morgan fingerprint density at radius 2 is 1.84 bits per heavy atom. The predicted octanol–water partition coefficient (Wildman–Crippen LogP) is 7.11. The Kier molecular flexibility index (Phi) is 9.50. The van der Waals surface area contributed by atoms with Gasteiger partial charge in [-0.2, -0.15) is 24.9 Å². The third-order valence-electron chi connectivity index (χ3n) is 6.49. The topological polar surface area (TPSA) is 68.7 Å². The third-order valence-corrected chi connectivity index (χ3v) is 7.11. The highest BCUT2D eigenvalue weighted by Gasteiger charge is 2.36. The number of carbonyl (C=O) groups is 2. The number of carbonyl (C=O) groups excluding carboxylic acids is 2. The number of aromatic nitrogens is 1. The first-order valence-corrected chi connectivity index (χ1v) is 13.6. The van der Waals surface area contributed by atoms with Crippen LogP contribution in [0, 0.1) is 11.8 Å². The molecule has 2 aromatic rings. The number of ether oxygens (including phenoxy) is 2. The predicted molar refractivity (Wildman–Crippen MR) is 138 cm³/mol. The zero-order valence-corrected chi connectivity index (χ0v) is 22.5. The van der Waals surface area contributed by atoms with Crippen molar-refractivity contribution in [2.75, 3.05) is 18.3 Å². The molecule has 0 bridgehead atoms. The molecule has 0 saturated heterocycles. The Hall–Kier alpha value is -2.75. The van der Waals surface area contributed by atoms with Gasteiger partial charge in [0.05, 0.1) is 18.4 Å². The van der Waals surface area contributed by atoms with Crippen molar-refractivity contribution in [3.63, 3.8) is 0 Å². The van der Waals surface area contributed by atoms with Crippen LogP contribution in [-0.2, 0) is 21.5 Å². The minimum atomic E-state index is -4.68.